The first kappa shape index (κ1) is 27.6. The van der Waals surface area contributed by atoms with Crippen LogP contribution in [0.1, 0.15) is 6.23 Å². The number of ether oxygens (including phenoxy) is 1. The molecule has 2 rings (SSSR count). The quantitative estimate of drug-likeness (QED) is 0.156. The van der Waals surface area contributed by atoms with Crippen molar-refractivity contribution in [1.82, 2.24) is 14.8 Å². The van der Waals surface area contributed by atoms with Crippen LogP contribution in [0.5, 0.6) is 0 Å². The molecular formula is C11H14F2N3O14P3. The monoisotopic (exact) mass is 543 g/mol. The second-order valence-electron chi connectivity index (χ2n) is 5.95. The summed E-state index contributed by atoms with van der Waals surface area (Å²) in [5.41, 5.74) is -5.61. The third kappa shape index (κ3) is 7.17. The Morgan fingerprint density at radius 1 is 1.21 bits per heavy atom. The zero-order chi connectivity index (χ0) is 25.2. The predicted molar refractivity (Wildman–Crippen MR) is 96.4 cm³/mol. The van der Waals surface area contributed by atoms with E-state index in [1.165, 1.54) is 0 Å². The number of phosphoric ester groups is 1. The molecule has 0 radical (unpaired) electrons. The maximum Gasteiger partial charge on any atom is 0.490 e. The highest BCUT2D eigenvalue weighted by molar-refractivity contribution is 7.66. The minimum absolute atomic E-state index is 0.183. The number of aromatic nitrogens is 3. The lowest BCUT2D eigenvalue weighted by molar-refractivity contribution is -0.0603. The summed E-state index contributed by atoms with van der Waals surface area (Å²) in [6.45, 7) is -2.71. The Kier molecular flexibility index (Phi) is 8.30. The summed E-state index contributed by atoms with van der Waals surface area (Å²) in [6, 6.07) is 0. The lowest BCUT2D eigenvalue weighted by atomic mass is 9.97. The fourth-order valence-electron chi connectivity index (χ4n) is 2.43. The van der Waals surface area contributed by atoms with Gasteiger partial charge in [-0.1, -0.05) is 11.8 Å². The molecule has 1 fully saturated rings. The van der Waals surface area contributed by atoms with Crippen LogP contribution in [0.3, 0.4) is 0 Å². The number of aliphatic hydroxyl groups excluding tert-OH is 1. The van der Waals surface area contributed by atoms with Gasteiger partial charge in [-0.15, -0.1) is 0 Å². The molecule has 0 aliphatic carbocycles. The minimum Gasteiger partial charge on any atom is -0.386 e. The second kappa shape index (κ2) is 9.92. The van der Waals surface area contributed by atoms with E-state index in [1.54, 1.807) is 16.8 Å². The van der Waals surface area contributed by atoms with Gasteiger partial charge in [-0.25, -0.2) is 27.3 Å². The van der Waals surface area contributed by atoms with E-state index in [2.05, 4.69) is 18.2 Å². The minimum atomic E-state index is -5.86. The lowest BCUT2D eigenvalue weighted by Crippen LogP contribution is -2.46. The zero-order valence-electron chi connectivity index (χ0n) is 15.6. The molecule has 1 aromatic heterocycles. The van der Waals surface area contributed by atoms with Crippen molar-refractivity contribution in [2.45, 2.75) is 24.1 Å². The summed E-state index contributed by atoms with van der Waals surface area (Å²) >= 11 is 0. The highest BCUT2D eigenvalue weighted by atomic mass is 31.3. The van der Waals surface area contributed by atoms with E-state index >= 15 is 4.39 Å². The molecule has 1 aliphatic heterocycles. The summed E-state index contributed by atoms with van der Waals surface area (Å²) in [5.74, 6) is 3.33. The van der Waals surface area contributed by atoms with Crippen LogP contribution in [0.2, 0.25) is 0 Å². The second-order valence-corrected chi connectivity index (χ2v) is 10.4. The number of phosphoric acid groups is 3. The standard InChI is InChI=1S/C11H14F2N3O14P3/c12-3-1-2-11(13)8(18)6(28-9(11)16-10(19)15-7(17)4-14-16)5-27-32(23,24)30-33(25,26)29-31(20,21)22/h4,6,8-9,18H,3,5H2,(H,23,24)(H,25,26)(H,15,17,19)(H2,20,21,22)/t6-,8?,9-,11-/m1/s1. The zero-order valence-corrected chi connectivity index (χ0v) is 18.3. The molecule has 1 saturated heterocycles. The largest absolute Gasteiger partial charge is 0.490 e. The number of nitrogens with one attached hydrogen (secondary N) is 1. The average molecular weight is 543 g/mol. The third-order valence-electron chi connectivity index (χ3n) is 3.57. The average Bonchev–Trinajstić information content (AvgIpc) is 2.87. The van der Waals surface area contributed by atoms with Crippen LogP contribution < -0.4 is 11.2 Å². The summed E-state index contributed by atoms with van der Waals surface area (Å²) < 4.78 is 78.0. The van der Waals surface area contributed by atoms with Crippen LogP contribution in [0.4, 0.5) is 8.78 Å². The Morgan fingerprint density at radius 3 is 2.39 bits per heavy atom. The van der Waals surface area contributed by atoms with E-state index in [1.807, 2.05) is 0 Å². The van der Waals surface area contributed by atoms with E-state index in [-0.39, 0.29) is 4.68 Å². The van der Waals surface area contributed by atoms with Gasteiger partial charge in [-0.05, 0) is 0 Å². The van der Waals surface area contributed by atoms with E-state index in [4.69, 9.17) is 19.4 Å². The van der Waals surface area contributed by atoms with Crippen molar-refractivity contribution in [3.8, 4) is 11.8 Å². The SMILES string of the molecule is O=c1cnn([C@@H]2O[C@H](COP(=O)(O)OP(=O)(O)OP(=O)(O)O)C(O)[C@]2(F)C#CCF)c(=O)[nH]1. The molecule has 0 bridgehead atoms. The molecule has 186 valence electrons. The Labute approximate surface area is 180 Å². The van der Waals surface area contributed by atoms with E-state index < -0.39 is 72.1 Å². The van der Waals surface area contributed by atoms with Gasteiger partial charge < -0.3 is 29.4 Å². The molecule has 17 nitrogen and oxygen atoms in total. The number of nitrogens with zero attached hydrogens (tertiary/aromatic N) is 2. The predicted octanol–water partition coefficient (Wildman–Crippen LogP) is -1.79. The number of hydrogen-bond donors (Lipinski definition) is 6. The molecule has 2 heterocycles. The molecule has 3 unspecified atom stereocenters. The van der Waals surface area contributed by atoms with E-state index in [0.29, 0.717) is 6.20 Å². The van der Waals surface area contributed by atoms with Gasteiger partial charge in [-0.3, -0.25) is 14.3 Å². The Balaban J connectivity index is 2.26. The number of aliphatic hydroxyl groups is 1. The number of halogens is 2. The fraction of sp³-hybridized carbons (Fsp3) is 0.545. The van der Waals surface area contributed by atoms with Gasteiger partial charge >= 0.3 is 29.2 Å². The summed E-state index contributed by atoms with van der Waals surface area (Å²) in [7, 11) is -17.2. The van der Waals surface area contributed by atoms with Crippen molar-refractivity contribution < 1.29 is 65.0 Å². The number of aromatic amines is 1. The molecule has 0 aromatic carbocycles. The van der Waals surface area contributed by atoms with Gasteiger partial charge in [0, 0.05) is 0 Å². The third-order valence-corrected chi connectivity index (χ3v) is 7.37. The van der Waals surface area contributed by atoms with Gasteiger partial charge in [0.25, 0.3) is 5.56 Å². The van der Waals surface area contributed by atoms with Crippen LogP contribution in [0.15, 0.2) is 15.8 Å². The first-order valence-electron chi connectivity index (χ1n) is 8.04. The van der Waals surface area contributed by atoms with Crippen LogP contribution in [-0.2, 0) is 31.6 Å². The van der Waals surface area contributed by atoms with Crippen molar-refractivity contribution in [1.29, 1.82) is 0 Å². The normalized spacial score (nSPS) is 29.0. The van der Waals surface area contributed by atoms with Crippen LogP contribution in [0.25, 0.3) is 0 Å². The Morgan fingerprint density at radius 2 is 1.85 bits per heavy atom. The number of hydrogen-bond acceptors (Lipinski definition) is 11. The molecular weight excluding hydrogens is 529 g/mol. The van der Waals surface area contributed by atoms with Gasteiger partial charge in [-0.2, -0.15) is 18.4 Å². The number of H-pyrrole nitrogens is 1. The molecule has 0 amide bonds. The Hall–Kier alpha value is -1.64. The molecule has 0 spiro atoms. The molecule has 6 atom stereocenters. The number of rotatable bonds is 8. The lowest BCUT2D eigenvalue weighted by Gasteiger charge is -2.23. The molecule has 0 saturated carbocycles. The fourth-order valence-corrected chi connectivity index (χ4v) is 5.46. The van der Waals surface area contributed by atoms with Gasteiger partial charge in [0.2, 0.25) is 11.9 Å². The van der Waals surface area contributed by atoms with Crippen molar-refractivity contribution in [2.24, 2.45) is 0 Å². The smallest absolute Gasteiger partial charge is 0.386 e. The molecule has 1 aliphatic rings. The van der Waals surface area contributed by atoms with Crippen LogP contribution in [-0.4, -0.2) is 70.6 Å². The van der Waals surface area contributed by atoms with E-state index in [9.17, 15) is 37.7 Å². The van der Waals surface area contributed by atoms with Gasteiger partial charge in [0.1, 0.15) is 25.1 Å². The summed E-state index contributed by atoms with van der Waals surface area (Å²) in [4.78, 5) is 60.2. The highest BCUT2D eigenvalue weighted by Gasteiger charge is 2.59. The van der Waals surface area contributed by atoms with Crippen molar-refractivity contribution >= 4 is 23.5 Å². The van der Waals surface area contributed by atoms with Crippen LogP contribution in [0, 0.1) is 11.8 Å². The van der Waals surface area contributed by atoms with E-state index in [0.717, 1.165) is 0 Å². The van der Waals surface area contributed by atoms with Gasteiger partial charge in [0.15, 0.2) is 0 Å². The first-order chi connectivity index (χ1) is 15.0. The topological polar surface area (TPSA) is 257 Å². The Bertz CT molecular complexity index is 1200. The highest BCUT2D eigenvalue weighted by Crippen LogP contribution is 2.66. The molecule has 33 heavy (non-hydrogen) atoms. The number of alkyl halides is 2. The van der Waals surface area contributed by atoms with Crippen molar-refractivity contribution in [3.63, 3.8) is 0 Å². The van der Waals surface area contributed by atoms with Gasteiger partial charge in [0.05, 0.1) is 6.61 Å². The van der Waals surface area contributed by atoms with Crippen LogP contribution >= 0.6 is 23.5 Å². The maximum absolute atomic E-state index is 15.4. The summed E-state index contributed by atoms with van der Waals surface area (Å²) in [6.07, 6.45) is -6.13. The van der Waals surface area contributed by atoms with Crippen molar-refractivity contribution in [3.05, 3.63) is 27.0 Å². The molecule has 6 N–H and O–H groups in total. The maximum atomic E-state index is 15.4. The molecule has 1 aromatic rings. The summed E-state index contributed by atoms with van der Waals surface area (Å²) in [5, 5.41) is 13.5. The first-order valence-corrected chi connectivity index (χ1v) is 12.6. The van der Waals surface area contributed by atoms with Crippen molar-refractivity contribution in [2.75, 3.05) is 13.3 Å². The molecule has 22 heteroatoms.